The van der Waals surface area contributed by atoms with Crippen LogP contribution >= 0.6 is 0 Å². The minimum atomic E-state index is 0.155. The minimum Gasteiger partial charge on any atom is -0.338 e. The van der Waals surface area contributed by atoms with E-state index < -0.39 is 0 Å². The molecule has 0 N–H and O–H groups in total. The minimum absolute atomic E-state index is 0.155. The number of hydrogen-bond donors (Lipinski definition) is 0. The van der Waals surface area contributed by atoms with Gasteiger partial charge >= 0.3 is 0 Å². The zero-order valence-corrected chi connectivity index (χ0v) is 16.4. The van der Waals surface area contributed by atoms with E-state index in [4.69, 9.17) is 0 Å². The molecule has 1 saturated heterocycles. The Hall–Kier alpha value is -2.88. The standard InChI is InChI=1S/C24H27N3O/c1-19-25-12-14-26(19)17-22-9-5-11-23(16-22)24(28)27-13-6-10-21(18-27)15-20-7-3-2-4-8-20/h2-5,7-9,11-12,14,16,21H,6,10,13,15,17-18H2,1H3/t21-/m0/s1. The molecule has 4 rings (SSSR count). The largest absolute Gasteiger partial charge is 0.338 e. The molecule has 28 heavy (non-hydrogen) atoms. The van der Waals surface area contributed by atoms with Crippen LogP contribution in [0, 0.1) is 12.8 Å². The molecule has 0 saturated carbocycles. The number of carbonyl (C=O) groups is 1. The highest BCUT2D eigenvalue weighted by molar-refractivity contribution is 5.94. The second kappa shape index (κ2) is 8.42. The monoisotopic (exact) mass is 373 g/mol. The summed E-state index contributed by atoms with van der Waals surface area (Å²) in [5.41, 5.74) is 3.28. The third kappa shape index (κ3) is 4.33. The van der Waals surface area contributed by atoms with Crippen LogP contribution in [0.1, 0.15) is 40.2 Å². The van der Waals surface area contributed by atoms with E-state index in [0.29, 0.717) is 5.92 Å². The van der Waals surface area contributed by atoms with Gasteiger partial charge in [0.25, 0.3) is 5.91 Å². The third-order valence-corrected chi connectivity index (χ3v) is 5.62. The Morgan fingerprint density at radius 3 is 2.71 bits per heavy atom. The number of rotatable bonds is 5. The molecule has 1 atom stereocenters. The summed E-state index contributed by atoms with van der Waals surface area (Å²) >= 11 is 0. The van der Waals surface area contributed by atoms with Crippen LogP contribution in [0.25, 0.3) is 0 Å². The highest BCUT2D eigenvalue weighted by atomic mass is 16.2. The lowest BCUT2D eigenvalue weighted by Gasteiger charge is -2.33. The van der Waals surface area contributed by atoms with E-state index in [1.165, 1.54) is 12.0 Å². The first-order valence-electron chi connectivity index (χ1n) is 10.1. The predicted octanol–water partition coefficient (Wildman–Crippen LogP) is 4.33. The number of nitrogens with zero attached hydrogens (tertiary/aromatic N) is 3. The van der Waals surface area contributed by atoms with Crippen molar-refractivity contribution in [1.82, 2.24) is 14.5 Å². The molecule has 0 unspecified atom stereocenters. The van der Waals surface area contributed by atoms with E-state index in [1.807, 2.05) is 42.4 Å². The molecule has 0 aliphatic carbocycles. The fraction of sp³-hybridized carbons (Fsp3) is 0.333. The molecule has 4 nitrogen and oxygen atoms in total. The van der Waals surface area contributed by atoms with Gasteiger partial charge in [-0.15, -0.1) is 0 Å². The summed E-state index contributed by atoms with van der Waals surface area (Å²) in [5.74, 6) is 1.68. The van der Waals surface area contributed by atoms with Gasteiger partial charge in [0.05, 0.1) is 0 Å². The molecular formula is C24H27N3O. The number of carbonyl (C=O) groups excluding carboxylic acids is 1. The first-order chi connectivity index (χ1) is 13.7. The molecular weight excluding hydrogens is 346 g/mol. The van der Waals surface area contributed by atoms with Crippen molar-refractivity contribution in [2.24, 2.45) is 5.92 Å². The number of amides is 1. The van der Waals surface area contributed by atoms with Gasteiger partial charge in [-0.3, -0.25) is 4.79 Å². The molecule has 1 amide bonds. The molecule has 4 heteroatoms. The van der Waals surface area contributed by atoms with Gasteiger partial charge in [-0.2, -0.15) is 0 Å². The van der Waals surface area contributed by atoms with Crippen molar-refractivity contribution in [3.8, 4) is 0 Å². The number of aryl methyl sites for hydroxylation is 1. The van der Waals surface area contributed by atoms with Crippen molar-refractivity contribution in [3.05, 3.63) is 89.5 Å². The van der Waals surface area contributed by atoms with Gasteiger partial charge in [0.2, 0.25) is 0 Å². The number of piperidine rings is 1. The van der Waals surface area contributed by atoms with Crippen molar-refractivity contribution in [1.29, 1.82) is 0 Å². The zero-order chi connectivity index (χ0) is 19.3. The number of benzene rings is 2. The molecule has 1 fully saturated rings. The van der Waals surface area contributed by atoms with Crippen LogP contribution in [0.15, 0.2) is 67.0 Å². The van der Waals surface area contributed by atoms with E-state index in [0.717, 1.165) is 49.4 Å². The number of aromatic nitrogens is 2. The molecule has 144 valence electrons. The summed E-state index contributed by atoms with van der Waals surface area (Å²) < 4.78 is 2.10. The summed E-state index contributed by atoms with van der Waals surface area (Å²) in [4.78, 5) is 19.4. The van der Waals surface area contributed by atoms with E-state index in [-0.39, 0.29) is 5.91 Å². The quantitative estimate of drug-likeness (QED) is 0.667. The third-order valence-electron chi connectivity index (χ3n) is 5.62. The number of imidazole rings is 1. The van der Waals surface area contributed by atoms with Gasteiger partial charge in [-0.25, -0.2) is 4.98 Å². The Bertz CT molecular complexity index is 932. The Kier molecular flexibility index (Phi) is 5.56. The number of likely N-dealkylation sites (tertiary alicyclic amines) is 1. The molecule has 1 aliphatic rings. The lowest BCUT2D eigenvalue weighted by atomic mass is 9.91. The lowest BCUT2D eigenvalue weighted by molar-refractivity contribution is 0.0673. The van der Waals surface area contributed by atoms with E-state index in [2.05, 4.69) is 45.9 Å². The maximum Gasteiger partial charge on any atom is 0.253 e. The Morgan fingerprint density at radius 2 is 1.93 bits per heavy atom. The molecule has 3 aromatic rings. The fourth-order valence-electron chi connectivity index (χ4n) is 4.12. The maximum absolute atomic E-state index is 13.1. The van der Waals surface area contributed by atoms with E-state index >= 15 is 0 Å². The summed E-state index contributed by atoms with van der Waals surface area (Å²) in [7, 11) is 0. The second-order valence-electron chi connectivity index (χ2n) is 7.75. The van der Waals surface area contributed by atoms with Crippen molar-refractivity contribution in [2.45, 2.75) is 32.7 Å². The first-order valence-corrected chi connectivity index (χ1v) is 10.1. The predicted molar refractivity (Wildman–Crippen MR) is 111 cm³/mol. The van der Waals surface area contributed by atoms with Gasteiger partial charge in [0.15, 0.2) is 0 Å². The zero-order valence-electron chi connectivity index (χ0n) is 16.4. The van der Waals surface area contributed by atoms with Crippen molar-refractivity contribution < 1.29 is 4.79 Å². The molecule has 0 spiro atoms. The SMILES string of the molecule is Cc1nccn1Cc1cccc(C(=O)N2CCC[C@@H](Cc3ccccc3)C2)c1. The van der Waals surface area contributed by atoms with Crippen LogP contribution in [0.3, 0.4) is 0 Å². The number of hydrogen-bond acceptors (Lipinski definition) is 2. The van der Waals surface area contributed by atoms with Crippen LogP contribution in [0.5, 0.6) is 0 Å². The topological polar surface area (TPSA) is 38.1 Å². The van der Waals surface area contributed by atoms with Crippen LogP contribution in [-0.4, -0.2) is 33.4 Å². The van der Waals surface area contributed by atoms with Gasteiger partial charge in [0, 0.05) is 37.6 Å². The molecule has 1 aromatic heterocycles. The van der Waals surface area contributed by atoms with Crippen LogP contribution in [0.4, 0.5) is 0 Å². The average Bonchev–Trinajstić information content (AvgIpc) is 3.13. The molecule has 2 aromatic carbocycles. The summed E-state index contributed by atoms with van der Waals surface area (Å²) in [6.07, 6.45) is 7.11. The normalized spacial score (nSPS) is 16.9. The summed E-state index contributed by atoms with van der Waals surface area (Å²) in [6, 6.07) is 18.6. The van der Waals surface area contributed by atoms with Crippen molar-refractivity contribution in [3.63, 3.8) is 0 Å². The van der Waals surface area contributed by atoms with Crippen molar-refractivity contribution >= 4 is 5.91 Å². The molecule has 1 aliphatic heterocycles. The van der Waals surface area contributed by atoms with Crippen LogP contribution in [-0.2, 0) is 13.0 Å². The van der Waals surface area contributed by atoms with Crippen LogP contribution < -0.4 is 0 Å². The van der Waals surface area contributed by atoms with Gasteiger partial charge in [0.1, 0.15) is 5.82 Å². The summed E-state index contributed by atoms with van der Waals surface area (Å²) in [5, 5.41) is 0. The second-order valence-corrected chi connectivity index (χ2v) is 7.75. The lowest BCUT2D eigenvalue weighted by Crippen LogP contribution is -2.40. The Labute approximate surface area is 166 Å². The maximum atomic E-state index is 13.1. The van der Waals surface area contributed by atoms with Gasteiger partial charge in [-0.05, 0) is 55.4 Å². The van der Waals surface area contributed by atoms with E-state index in [9.17, 15) is 4.79 Å². The Balaban J connectivity index is 1.43. The van der Waals surface area contributed by atoms with Crippen LogP contribution in [0.2, 0.25) is 0 Å². The highest BCUT2D eigenvalue weighted by Crippen LogP contribution is 2.22. The molecule has 2 heterocycles. The smallest absolute Gasteiger partial charge is 0.253 e. The highest BCUT2D eigenvalue weighted by Gasteiger charge is 2.24. The molecule has 0 bridgehead atoms. The van der Waals surface area contributed by atoms with Gasteiger partial charge in [-0.1, -0.05) is 42.5 Å². The van der Waals surface area contributed by atoms with Gasteiger partial charge < -0.3 is 9.47 Å². The Morgan fingerprint density at radius 1 is 1.11 bits per heavy atom. The fourth-order valence-corrected chi connectivity index (χ4v) is 4.12. The summed E-state index contributed by atoms with van der Waals surface area (Å²) in [6.45, 7) is 4.44. The van der Waals surface area contributed by atoms with Crippen molar-refractivity contribution in [2.75, 3.05) is 13.1 Å². The van der Waals surface area contributed by atoms with E-state index in [1.54, 1.807) is 0 Å². The molecule has 0 radical (unpaired) electrons. The first kappa shape index (κ1) is 18.5. The average molecular weight is 374 g/mol.